The first-order valence-corrected chi connectivity index (χ1v) is 8.04. The molecule has 1 rings (SSSR count). The number of rotatable bonds is 9. The van der Waals surface area contributed by atoms with Crippen LogP contribution in [0.25, 0.3) is 0 Å². The number of hydrogen-bond acceptors (Lipinski definition) is 3. The van der Waals surface area contributed by atoms with E-state index in [9.17, 15) is 0 Å². The molecule has 4 heteroatoms. The summed E-state index contributed by atoms with van der Waals surface area (Å²) in [5.41, 5.74) is 1.29. The molecule has 20 heavy (non-hydrogen) atoms. The Kier molecular flexibility index (Phi) is 8.19. The van der Waals surface area contributed by atoms with Crippen LogP contribution >= 0.6 is 15.9 Å². The normalized spacial score (nSPS) is 12.7. The van der Waals surface area contributed by atoms with E-state index < -0.39 is 0 Å². The van der Waals surface area contributed by atoms with Crippen molar-refractivity contribution in [1.29, 1.82) is 0 Å². The quantitative estimate of drug-likeness (QED) is 0.682. The molecular formula is C16H26BrNO2. The van der Waals surface area contributed by atoms with Gasteiger partial charge < -0.3 is 14.8 Å². The van der Waals surface area contributed by atoms with Gasteiger partial charge in [-0.3, -0.25) is 0 Å². The van der Waals surface area contributed by atoms with Crippen LogP contribution in [-0.2, 0) is 4.74 Å². The van der Waals surface area contributed by atoms with Gasteiger partial charge >= 0.3 is 0 Å². The van der Waals surface area contributed by atoms with Gasteiger partial charge in [0.15, 0.2) is 0 Å². The molecule has 0 saturated heterocycles. The molecule has 1 aromatic rings. The van der Waals surface area contributed by atoms with E-state index in [1.807, 2.05) is 6.07 Å². The molecule has 0 aliphatic heterocycles. The molecule has 1 atom stereocenters. The van der Waals surface area contributed by atoms with E-state index in [2.05, 4.69) is 54.2 Å². The van der Waals surface area contributed by atoms with Crippen LogP contribution in [0.1, 0.15) is 38.8 Å². The number of benzene rings is 1. The summed E-state index contributed by atoms with van der Waals surface area (Å²) in [6, 6.07) is 6.69. The maximum atomic E-state index is 5.66. The zero-order chi connectivity index (χ0) is 15.0. The Morgan fingerprint density at radius 2 is 2.00 bits per heavy atom. The highest BCUT2D eigenvalue weighted by Gasteiger charge is 2.16. The van der Waals surface area contributed by atoms with Gasteiger partial charge in [0.2, 0.25) is 0 Å². The highest BCUT2D eigenvalue weighted by molar-refractivity contribution is 9.10. The minimum absolute atomic E-state index is 0.374. The second-order valence-electron chi connectivity index (χ2n) is 5.21. The molecule has 0 aliphatic rings. The molecule has 3 nitrogen and oxygen atoms in total. The zero-order valence-electron chi connectivity index (χ0n) is 12.9. The summed E-state index contributed by atoms with van der Waals surface area (Å²) in [5, 5.41) is 3.60. The average Bonchev–Trinajstić information content (AvgIpc) is 2.41. The Hall–Kier alpha value is -0.580. The van der Waals surface area contributed by atoms with Crippen molar-refractivity contribution < 1.29 is 9.47 Å². The third kappa shape index (κ3) is 5.43. The minimum atomic E-state index is 0.374. The van der Waals surface area contributed by atoms with Crippen molar-refractivity contribution in [3.63, 3.8) is 0 Å². The van der Waals surface area contributed by atoms with E-state index >= 15 is 0 Å². The van der Waals surface area contributed by atoms with Crippen molar-refractivity contribution in [1.82, 2.24) is 5.32 Å². The first-order valence-electron chi connectivity index (χ1n) is 7.24. The van der Waals surface area contributed by atoms with E-state index in [4.69, 9.17) is 9.47 Å². The molecule has 1 N–H and O–H groups in total. The van der Waals surface area contributed by atoms with Gasteiger partial charge in [0.25, 0.3) is 0 Å². The SMILES string of the molecule is CCCNC(c1ccc(OCCOC)c(Br)c1)C(C)C. The average molecular weight is 344 g/mol. The Balaban J connectivity index is 2.77. The van der Waals surface area contributed by atoms with Crippen LogP contribution < -0.4 is 10.1 Å². The fraction of sp³-hybridized carbons (Fsp3) is 0.625. The summed E-state index contributed by atoms with van der Waals surface area (Å²) in [5.74, 6) is 1.41. The summed E-state index contributed by atoms with van der Waals surface area (Å²) >= 11 is 3.59. The van der Waals surface area contributed by atoms with Crippen molar-refractivity contribution in [2.24, 2.45) is 5.92 Å². The van der Waals surface area contributed by atoms with Crippen LogP contribution in [0.2, 0.25) is 0 Å². The lowest BCUT2D eigenvalue weighted by Crippen LogP contribution is -2.26. The Morgan fingerprint density at radius 3 is 2.55 bits per heavy atom. The predicted molar refractivity (Wildman–Crippen MR) is 87.4 cm³/mol. The number of hydrogen-bond donors (Lipinski definition) is 1. The molecule has 0 fully saturated rings. The first kappa shape index (κ1) is 17.5. The fourth-order valence-electron chi connectivity index (χ4n) is 2.10. The number of methoxy groups -OCH3 is 1. The van der Waals surface area contributed by atoms with E-state index in [-0.39, 0.29) is 0 Å². The van der Waals surface area contributed by atoms with Crippen molar-refractivity contribution in [3.05, 3.63) is 28.2 Å². The molecule has 0 aliphatic carbocycles. The molecular weight excluding hydrogens is 318 g/mol. The van der Waals surface area contributed by atoms with Gasteiger partial charge in [-0.15, -0.1) is 0 Å². The monoisotopic (exact) mass is 343 g/mol. The fourth-order valence-corrected chi connectivity index (χ4v) is 2.61. The second kappa shape index (κ2) is 9.37. The lowest BCUT2D eigenvalue weighted by molar-refractivity contribution is 0.146. The van der Waals surface area contributed by atoms with Gasteiger partial charge in [0.1, 0.15) is 12.4 Å². The third-order valence-corrected chi connectivity index (χ3v) is 3.76. The molecule has 1 aromatic carbocycles. The van der Waals surface area contributed by atoms with E-state index in [0.29, 0.717) is 25.2 Å². The predicted octanol–water partition coefficient (Wildman–Crippen LogP) is 4.17. The number of ether oxygens (including phenoxy) is 2. The molecule has 1 unspecified atom stereocenters. The summed E-state index contributed by atoms with van der Waals surface area (Å²) in [6.07, 6.45) is 1.14. The molecule has 0 spiro atoms. The van der Waals surface area contributed by atoms with Crippen molar-refractivity contribution >= 4 is 15.9 Å². The number of nitrogens with one attached hydrogen (secondary N) is 1. The Labute approximate surface area is 131 Å². The Bertz CT molecular complexity index is 396. The van der Waals surface area contributed by atoms with Crippen LogP contribution in [0.3, 0.4) is 0 Å². The largest absolute Gasteiger partial charge is 0.490 e. The highest BCUT2D eigenvalue weighted by Crippen LogP contribution is 2.30. The van der Waals surface area contributed by atoms with Crippen molar-refractivity contribution in [2.75, 3.05) is 26.9 Å². The van der Waals surface area contributed by atoms with E-state index in [1.54, 1.807) is 7.11 Å². The van der Waals surface area contributed by atoms with E-state index in [0.717, 1.165) is 23.2 Å². The van der Waals surface area contributed by atoms with Gasteiger partial charge in [-0.05, 0) is 52.5 Å². The Morgan fingerprint density at radius 1 is 1.25 bits per heavy atom. The smallest absolute Gasteiger partial charge is 0.133 e. The standard InChI is InChI=1S/C16H26BrNO2/c1-5-8-18-16(12(2)3)13-6-7-15(14(17)11-13)20-10-9-19-4/h6-7,11-12,16,18H,5,8-10H2,1-4H3. The second-order valence-corrected chi connectivity index (χ2v) is 6.06. The van der Waals surface area contributed by atoms with Gasteiger partial charge in [0.05, 0.1) is 11.1 Å². The van der Waals surface area contributed by atoms with Gasteiger partial charge in [0, 0.05) is 13.2 Å². The molecule has 0 aromatic heterocycles. The lowest BCUT2D eigenvalue weighted by Gasteiger charge is -2.23. The maximum Gasteiger partial charge on any atom is 0.133 e. The zero-order valence-corrected chi connectivity index (χ0v) is 14.5. The van der Waals surface area contributed by atoms with E-state index in [1.165, 1.54) is 5.56 Å². The van der Waals surface area contributed by atoms with Crippen LogP contribution in [0.4, 0.5) is 0 Å². The molecule has 0 saturated carbocycles. The molecule has 114 valence electrons. The summed E-state index contributed by atoms with van der Waals surface area (Å²) in [4.78, 5) is 0. The molecule has 0 amide bonds. The van der Waals surface area contributed by atoms with Crippen molar-refractivity contribution in [2.45, 2.75) is 33.2 Å². The molecule has 0 radical (unpaired) electrons. The topological polar surface area (TPSA) is 30.5 Å². The van der Waals surface area contributed by atoms with Crippen LogP contribution in [0, 0.1) is 5.92 Å². The van der Waals surface area contributed by atoms with Gasteiger partial charge in [-0.25, -0.2) is 0 Å². The molecule has 0 bridgehead atoms. The summed E-state index contributed by atoms with van der Waals surface area (Å²) in [6.45, 7) is 8.87. The van der Waals surface area contributed by atoms with Gasteiger partial charge in [-0.2, -0.15) is 0 Å². The maximum absolute atomic E-state index is 5.66. The van der Waals surface area contributed by atoms with Crippen LogP contribution in [0.5, 0.6) is 5.75 Å². The van der Waals surface area contributed by atoms with Crippen LogP contribution in [0.15, 0.2) is 22.7 Å². The number of halogens is 1. The minimum Gasteiger partial charge on any atom is -0.490 e. The lowest BCUT2D eigenvalue weighted by atomic mass is 9.96. The van der Waals surface area contributed by atoms with Gasteiger partial charge in [-0.1, -0.05) is 26.8 Å². The third-order valence-electron chi connectivity index (χ3n) is 3.14. The summed E-state index contributed by atoms with van der Waals surface area (Å²) in [7, 11) is 1.67. The molecule has 0 heterocycles. The highest BCUT2D eigenvalue weighted by atomic mass is 79.9. The summed E-state index contributed by atoms with van der Waals surface area (Å²) < 4.78 is 11.6. The first-order chi connectivity index (χ1) is 9.60. The van der Waals surface area contributed by atoms with Crippen molar-refractivity contribution in [3.8, 4) is 5.75 Å². The van der Waals surface area contributed by atoms with Crippen LogP contribution in [-0.4, -0.2) is 26.9 Å².